The standard InChI is InChI=1S/C15H22N2O2S/c1-11-10-13(6-7-14(11)16)20(18,19)17-9-8-12-4-2-3-5-15(12)17/h6-7,10,12,15H,2-5,8-9,16H2,1H3. The summed E-state index contributed by atoms with van der Waals surface area (Å²) in [6.45, 7) is 2.52. The van der Waals surface area contributed by atoms with Gasteiger partial charge in [0.25, 0.3) is 0 Å². The molecule has 1 heterocycles. The molecular formula is C15H22N2O2S. The van der Waals surface area contributed by atoms with Crippen LogP contribution in [0.1, 0.15) is 37.7 Å². The first-order chi connectivity index (χ1) is 9.50. The molecule has 2 aliphatic rings. The summed E-state index contributed by atoms with van der Waals surface area (Å²) in [6.07, 6.45) is 5.59. The predicted molar refractivity (Wildman–Crippen MR) is 79.8 cm³/mol. The minimum absolute atomic E-state index is 0.214. The molecule has 3 rings (SSSR count). The number of nitrogens with zero attached hydrogens (tertiary/aromatic N) is 1. The lowest BCUT2D eigenvalue weighted by Gasteiger charge is -2.31. The second-order valence-corrected chi connectivity index (χ2v) is 7.93. The minimum Gasteiger partial charge on any atom is -0.399 e. The summed E-state index contributed by atoms with van der Waals surface area (Å²) < 4.78 is 27.4. The summed E-state index contributed by atoms with van der Waals surface area (Å²) in [5.74, 6) is 0.563. The molecule has 2 fully saturated rings. The van der Waals surface area contributed by atoms with Crippen LogP contribution in [-0.4, -0.2) is 25.3 Å². The molecule has 0 radical (unpaired) electrons. The number of benzene rings is 1. The second-order valence-electron chi connectivity index (χ2n) is 6.03. The van der Waals surface area contributed by atoms with Gasteiger partial charge < -0.3 is 5.73 Å². The lowest BCUT2D eigenvalue weighted by Crippen LogP contribution is -2.39. The van der Waals surface area contributed by atoms with Gasteiger partial charge in [-0.05, 0) is 55.9 Å². The Morgan fingerprint density at radius 3 is 2.70 bits per heavy atom. The molecule has 1 aliphatic carbocycles. The van der Waals surface area contributed by atoms with Gasteiger partial charge in [0.2, 0.25) is 10.0 Å². The van der Waals surface area contributed by atoms with E-state index >= 15 is 0 Å². The molecule has 5 heteroatoms. The molecule has 2 atom stereocenters. The zero-order valence-electron chi connectivity index (χ0n) is 11.9. The number of aryl methyl sites for hydroxylation is 1. The van der Waals surface area contributed by atoms with Crippen molar-refractivity contribution in [2.24, 2.45) is 5.92 Å². The van der Waals surface area contributed by atoms with Gasteiger partial charge >= 0.3 is 0 Å². The molecule has 1 aliphatic heterocycles. The van der Waals surface area contributed by atoms with Crippen LogP contribution in [0, 0.1) is 12.8 Å². The summed E-state index contributed by atoms with van der Waals surface area (Å²) >= 11 is 0. The van der Waals surface area contributed by atoms with Crippen LogP contribution < -0.4 is 5.73 Å². The lowest BCUT2D eigenvalue weighted by molar-refractivity contribution is 0.260. The van der Waals surface area contributed by atoms with Crippen molar-refractivity contribution in [1.29, 1.82) is 0 Å². The average molecular weight is 294 g/mol. The van der Waals surface area contributed by atoms with Gasteiger partial charge in [-0.2, -0.15) is 4.31 Å². The van der Waals surface area contributed by atoms with Gasteiger partial charge in [-0.25, -0.2) is 8.42 Å². The number of fused-ring (bicyclic) bond motifs is 1. The van der Waals surface area contributed by atoms with Crippen molar-refractivity contribution in [3.05, 3.63) is 23.8 Å². The topological polar surface area (TPSA) is 63.4 Å². The summed E-state index contributed by atoms with van der Waals surface area (Å²) in [6, 6.07) is 5.23. The Balaban J connectivity index is 1.93. The summed E-state index contributed by atoms with van der Waals surface area (Å²) in [4.78, 5) is 0.385. The number of hydrogen-bond donors (Lipinski definition) is 1. The smallest absolute Gasteiger partial charge is 0.243 e. The maximum atomic E-state index is 12.8. The predicted octanol–water partition coefficient (Wildman–Crippen LogP) is 2.53. The molecule has 1 aromatic rings. The molecule has 110 valence electrons. The quantitative estimate of drug-likeness (QED) is 0.853. The number of nitrogens with two attached hydrogens (primary N) is 1. The largest absolute Gasteiger partial charge is 0.399 e. The number of anilines is 1. The van der Waals surface area contributed by atoms with Crippen LogP contribution in [-0.2, 0) is 10.0 Å². The van der Waals surface area contributed by atoms with Gasteiger partial charge in [0, 0.05) is 18.3 Å². The van der Waals surface area contributed by atoms with E-state index in [1.54, 1.807) is 22.5 Å². The molecule has 1 saturated heterocycles. The Hall–Kier alpha value is -1.07. The molecule has 2 N–H and O–H groups in total. The van der Waals surface area contributed by atoms with Gasteiger partial charge in [0.15, 0.2) is 0 Å². The van der Waals surface area contributed by atoms with Gasteiger partial charge in [-0.3, -0.25) is 0 Å². The van der Waals surface area contributed by atoms with Crippen molar-refractivity contribution >= 4 is 15.7 Å². The van der Waals surface area contributed by atoms with Crippen LogP contribution in [0.15, 0.2) is 23.1 Å². The molecule has 4 nitrogen and oxygen atoms in total. The van der Waals surface area contributed by atoms with E-state index in [2.05, 4.69) is 0 Å². The van der Waals surface area contributed by atoms with E-state index in [1.807, 2.05) is 6.92 Å². The Morgan fingerprint density at radius 2 is 1.95 bits per heavy atom. The monoisotopic (exact) mass is 294 g/mol. The van der Waals surface area contributed by atoms with Crippen LogP contribution in [0.25, 0.3) is 0 Å². The normalized spacial score (nSPS) is 27.4. The van der Waals surface area contributed by atoms with Crippen LogP contribution in [0.5, 0.6) is 0 Å². The van der Waals surface area contributed by atoms with Crippen molar-refractivity contribution in [3.63, 3.8) is 0 Å². The maximum absolute atomic E-state index is 12.8. The van der Waals surface area contributed by atoms with Crippen molar-refractivity contribution in [1.82, 2.24) is 4.31 Å². The molecule has 1 aromatic carbocycles. The SMILES string of the molecule is Cc1cc(S(=O)(=O)N2CCC3CCCCC32)ccc1N. The highest BCUT2D eigenvalue weighted by atomic mass is 32.2. The molecule has 2 unspecified atom stereocenters. The molecular weight excluding hydrogens is 272 g/mol. The Bertz CT molecular complexity index is 612. The highest BCUT2D eigenvalue weighted by molar-refractivity contribution is 7.89. The van der Waals surface area contributed by atoms with E-state index in [9.17, 15) is 8.42 Å². The summed E-state index contributed by atoms with van der Waals surface area (Å²) in [5, 5.41) is 0. The zero-order valence-corrected chi connectivity index (χ0v) is 12.7. The fourth-order valence-electron chi connectivity index (χ4n) is 3.61. The number of nitrogen functional groups attached to an aromatic ring is 1. The van der Waals surface area contributed by atoms with E-state index in [4.69, 9.17) is 5.73 Å². The van der Waals surface area contributed by atoms with Crippen molar-refractivity contribution in [2.75, 3.05) is 12.3 Å². The highest BCUT2D eigenvalue weighted by Gasteiger charge is 2.42. The van der Waals surface area contributed by atoms with Gasteiger partial charge in [0.05, 0.1) is 4.90 Å². The Kier molecular flexibility index (Phi) is 3.50. The summed E-state index contributed by atoms with van der Waals surface area (Å²) in [5.41, 5.74) is 7.25. The van der Waals surface area contributed by atoms with Gasteiger partial charge in [-0.1, -0.05) is 12.8 Å². The van der Waals surface area contributed by atoms with Crippen molar-refractivity contribution in [2.45, 2.75) is 50.0 Å². The fourth-order valence-corrected chi connectivity index (χ4v) is 5.42. The Labute approximate surface area is 121 Å². The first-order valence-electron chi connectivity index (χ1n) is 7.38. The van der Waals surface area contributed by atoms with E-state index < -0.39 is 10.0 Å². The van der Waals surface area contributed by atoms with Gasteiger partial charge in [0.1, 0.15) is 0 Å². The van der Waals surface area contributed by atoms with Crippen LogP contribution in [0.4, 0.5) is 5.69 Å². The number of sulfonamides is 1. The van der Waals surface area contributed by atoms with Crippen LogP contribution in [0.2, 0.25) is 0 Å². The molecule has 1 saturated carbocycles. The Morgan fingerprint density at radius 1 is 1.20 bits per heavy atom. The van der Waals surface area contributed by atoms with Gasteiger partial charge in [-0.15, -0.1) is 0 Å². The van der Waals surface area contributed by atoms with Crippen LogP contribution >= 0.6 is 0 Å². The third-order valence-corrected chi connectivity index (χ3v) is 6.73. The minimum atomic E-state index is -3.37. The average Bonchev–Trinajstić information content (AvgIpc) is 2.86. The first kappa shape index (κ1) is 13.9. The van der Waals surface area contributed by atoms with E-state index in [0.717, 1.165) is 24.8 Å². The summed E-state index contributed by atoms with van der Waals surface area (Å²) in [7, 11) is -3.37. The van der Waals surface area contributed by atoms with Crippen molar-refractivity contribution < 1.29 is 8.42 Å². The zero-order chi connectivity index (χ0) is 14.3. The van der Waals surface area contributed by atoms with Crippen LogP contribution in [0.3, 0.4) is 0 Å². The number of hydrogen-bond acceptors (Lipinski definition) is 3. The molecule has 0 aromatic heterocycles. The van der Waals surface area contributed by atoms with E-state index in [0.29, 0.717) is 23.0 Å². The maximum Gasteiger partial charge on any atom is 0.243 e. The molecule has 0 amide bonds. The van der Waals surface area contributed by atoms with Crippen molar-refractivity contribution in [3.8, 4) is 0 Å². The first-order valence-corrected chi connectivity index (χ1v) is 8.82. The third kappa shape index (κ3) is 2.23. The molecule has 0 bridgehead atoms. The molecule has 0 spiro atoms. The highest BCUT2D eigenvalue weighted by Crippen LogP contribution is 2.39. The second kappa shape index (κ2) is 5.04. The fraction of sp³-hybridized carbons (Fsp3) is 0.600. The lowest BCUT2D eigenvalue weighted by atomic mass is 9.86. The van der Waals surface area contributed by atoms with E-state index in [1.165, 1.54) is 12.8 Å². The third-order valence-electron chi connectivity index (χ3n) is 4.81. The van der Waals surface area contributed by atoms with E-state index in [-0.39, 0.29) is 6.04 Å². The molecule has 20 heavy (non-hydrogen) atoms. The number of rotatable bonds is 2.